The minimum atomic E-state index is 0.290. The largest absolute Gasteiger partial charge is 0.454 e. The van der Waals surface area contributed by atoms with Crippen LogP contribution in [0.5, 0.6) is 11.5 Å². The van der Waals surface area contributed by atoms with Crippen molar-refractivity contribution in [2.45, 2.75) is 6.54 Å². The lowest BCUT2D eigenvalue weighted by Gasteiger charge is -2.10. The van der Waals surface area contributed by atoms with Gasteiger partial charge >= 0.3 is 0 Å². The van der Waals surface area contributed by atoms with E-state index in [0.29, 0.717) is 18.4 Å². The SMILES string of the molecule is Clc1ccccc1NCc1cccc2c1OCO2. The Morgan fingerprint density at radius 3 is 2.83 bits per heavy atom. The zero-order valence-corrected chi connectivity index (χ0v) is 10.4. The zero-order valence-electron chi connectivity index (χ0n) is 9.65. The molecule has 0 unspecified atom stereocenters. The molecular formula is C14H12ClNO2. The highest BCUT2D eigenvalue weighted by Crippen LogP contribution is 2.35. The second-order valence-electron chi connectivity index (χ2n) is 3.98. The van der Waals surface area contributed by atoms with Crippen LogP contribution in [0.25, 0.3) is 0 Å². The minimum absolute atomic E-state index is 0.290. The van der Waals surface area contributed by atoms with Crippen molar-refractivity contribution in [3.63, 3.8) is 0 Å². The Labute approximate surface area is 110 Å². The molecule has 0 aromatic heterocycles. The monoisotopic (exact) mass is 261 g/mol. The third kappa shape index (κ3) is 2.09. The topological polar surface area (TPSA) is 30.5 Å². The van der Waals surface area contributed by atoms with Gasteiger partial charge in [-0.15, -0.1) is 0 Å². The molecule has 4 heteroatoms. The Balaban J connectivity index is 1.78. The Morgan fingerprint density at radius 1 is 1.06 bits per heavy atom. The molecule has 1 aliphatic heterocycles. The van der Waals surface area contributed by atoms with Gasteiger partial charge in [0.1, 0.15) is 0 Å². The lowest BCUT2D eigenvalue weighted by Crippen LogP contribution is -2.01. The van der Waals surface area contributed by atoms with Crippen molar-refractivity contribution < 1.29 is 9.47 Å². The van der Waals surface area contributed by atoms with Gasteiger partial charge in [0.05, 0.1) is 10.7 Å². The molecule has 18 heavy (non-hydrogen) atoms. The van der Waals surface area contributed by atoms with E-state index >= 15 is 0 Å². The van der Waals surface area contributed by atoms with Crippen LogP contribution in [0, 0.1) is 0 Å². The molecule has 1 heterocycles. The summed E-state index contributed by atoms with van der Waals surface area (Å²) in [6, 6.07) is 13.5. The summed E-state index contributed by atoms with van der Waals surface area (Å²) < 4.78 is 10.8. The summed E-state index contributed by atoms with van der Waals surface area (Å²) in [5, 5.41) is 4.00. The predicted octanol–water partition coefficient (Wildman–Crippen LogP) is 3.68. The maximum atomic E-state index is 6.09. The van der Waals surface area contributed by atoms with Gasteiger partial charge in [-0.3, -0.25) is 0 Å². The van der Waals surface area contributed by atoms with E-state index in [2.05, 4.69) is 5.32 Å². The van der Waals surface area contributed by atoms with Gasteiger partial charge in [0.2, 0.25) is 6.79 Å². The van der Waals surface area contributed by atoms with Crippen LogP contribution >= 0.6 is 11.6 Å². The maximum Gasteiger partial charge on any atom is 0.231 e. The van der Waals surface area contributed by atoms with Crippen molar-refractivity contribution >= 4 is 17.3 Å². The minimum Gasteiger partial charge on any atom is -0.454 e. The first-order valence-electron chi connectivity index (χ1n) is 5.70. The van der Waals surface area contributed by atoms with Gasteiger partial charge in [-0.05, 0) is 18.2 Å². The molecule has 92 valence electrons. The van der Waals surface area contributed by atoms with Crippen LogP contribution in [0.4, 0.5) is 5.69 Å². The summed E-state index contributed by atoms with van der Waals surface area (Å²) >= 11 is 6.09. The third-order valence-corrected chi connectivity index (χ3v) is 3.15. The van der Waals surface area contributed by atoms with Crippen LogP contribution in [0.3, 0.4) is 0 Å². The number of para-hydroxylation sites is 2. The molecule has 3 rings (SSSR count). The quantitative estimate of drug-likeness (QED) is 0.914. The molecule has 2 aromatic rings. The average Bonchev–Trinajstić information content (AvgIpc) is 2.86. The highest BCUT2D eigenvalue weighted by Gasteiger charge is 2.16. The van der Waals surface area contributed by atoms with Gasteiger partial charge in [-0.25, -0.2) is 0 Å². The van der Waals surface area contributed by atoms with E-state index in [-0.39, 0.29) is 0 Å². The van der Waals surface area contributed by atoms with Crippen molar-refractivity contribution in [2.75, 3.05) is 12.1 Å². The van der Waals surface area contributed by atoms with Gasteiger partial charge in [-0.1, -0.05) is 35.9 Å². The third-order valence-electron chi connectivity index (χ3n) is 2.82. The molecule has 0 aliphatic carbocycles. The number of nitrogens with one attached hydrogen (secondary N) is 1. The second kappa shape index (κ2) is 4.78. The molecule has 1 aliphatic rings. The molecule has 0 radical (unpaired) electrons. The van der Waals surface area contributed by atoms with E-state index in [9.17, 15) is 0 Å². The second-order valence-corrected chi connectivity index (χ2v) is 4.39. The maximum absolute atomic E-state index is 6.09. The van der Waals surface area contributed by atoms with Crippen molar-refractivity contribution in [3.8, 4) is 11.5 Å². The molecule has 3 nitrogen and oxygen atoms in total. The fourth-order valence-corrected chi connectivity index (χ4v) is 2.13. The number of hydrogen-bond acceptors (Lipinski definition) is 3. The van der Waals surface area contributed by atoms with Crippen LogP contribution in [0.2, 0.25) is 5.02 Å². The van der Waals surface area contributed by atoms with Crippen LogP contribution in [-0.4, -0.2) is 6.79 Å². The molecule has 0 saturated carbocycles. The molecule has 2 aromatic carbocycles. The van der Waals surface area contributed by atoms with Crippen molar-refractivity contribution in [3.05, 3.63) is 53.1 Å². The molecular weight excluding hydrogens is 250 g/mol. The van der Waals surface area contributed by atoms with Gasteiger partial charge < -0.3 is 14.8 Å². The first kappa shape index (κ1) is 11.2. The number of rotatable bonds is 3. The Bertz CT molecular complexity index is 571. The predicted molar refractivity (Wildman–Crippen MR) is 71.3 cm³/mol. The normalized spacial score (nSPS) is 12.5. The lowest BCUT2D eigenvalue weighted by molar-refractivity contribution is 0.173. The van der Waals surface area contributed by atoms with E-state index in [1.54, 1.807) is 0 Å². The number of benzene rings is 2. The summed E-state index contributed by atoms with van der Waals surface area (Å²) in [5.74, 6) is 1.62. The fraction of sp³-hybridized carbons (Fsp3) is 0.143. The molecule has 0 saturated heterocycles. The number of hydrogen-bond donors (Lipinski definition) is 1. The van der Waals surface area contributed by atoms with Crippen LogP contribution in [-0.2, 0) is 6.54 Å². The zero-order chi connectivity index (χ0) is 12.4. The highest BCUT2D eigenvalue weighted by molar-refractivity contribution is 6.33. The van der Waals surface area contributed by atoms with Crippen LogP contribution < -0.4 is 14.8 Å². The van der Waals surface area contributed by atoms with Crippen LogP contribution in [0.1, 0.15) is 5.56 Å². The summed E-state index contributed by atoms with van der Waals surface area (Å²) in [6.07, 6.45) is 0. The standard InChI is InChI=1S/C14H12ClNO2/c15-11-5-1-2-6-12(11)16-8-10-4-3-7-13-14(10)18-9-17-13/h1-7,16H,8-9H2. The van der Waals surface area contributed by atoms with E-state index in [4.69, 9.17) is 21.1 Å². The van der Waals surface area contributed by atoms with Gasteiger partial charge in [0, 0.05) is 12.1 Å². The van der Waals surface area contributed by atoms with E-state index in [1.165, 1.54) is 0 Å². The molecule has 0 fully saturated rings. The molecule has 1 N–H and O–H groups in total. The van der Waals surface area contributed by atoms with Gasteiger partial charge in [0.25, 0.3) is 0 Å². The molecule has 0 atom stereocenters. The van der Waals surface area contributed by atoms with Gasteiger partial charge in [0.15, 0.2) is 11.5 Å². The Hall–Kier alpha value is -1.87. The first-order chi connectivity index (χ1) is 8.84. The van der Waals surface area contributed by atoms with Crippen molar-refractivity contribution in [2.24, 2.45) is 0 Å². The molecule has 0 bridgehead atoms. The first-order valence-corrected chi connectivity index (χ1v) is 6.08. The van der Waals surface area contributed by atoms with E-state index in [0.717, 1.165) is 22.7 Å². The van der Waals surface area contributed by atoms with Gasteiger partial charge in [-0.2, -0.15) is 0 Å². The van der Waals surface area contributed by atoms with Crippen LogP contribution in [0.15, 0.2) is 42.5 Å². The smallest absolute Gasteiger partial charge is 0.231 e. The van der Waals surface area contributed by atoms with E-state index in [1.807, 2.05) is 42.5 Å². The molecule has 0 spiro atoms. The van der Waals surface area contributed by atoms with Crippen molar-refractivity contribution in [1.82, 2.24) is 0 Å². The number of halogens is 1. The summed E-state index contributed by atoms with van der Waals surface area (Å²) in [4.78, 5) is 0. The fourth-order valence-electron chi connectivity index (χ4n) is 1.92. The number of ether oxygens (including phenoxy) is 2. The summed E-state index contributed by atoms with van der Waals surface area (Å²) in [7, 11) is 0. The Kier molecular flexibility index (Phi) is 2.99. The number of fused-ring (bicyclic) bond motifs is 1. The summed E-state index contributed by atoms with van der Waals surface area (Å²) in [5.41, 5.74) is 1.97. The highest BCUT2D eigenvalue weighted by atomic mass is 35.5. The van der Waals surface area contributed by atoms with E-state index < -0.39 is 0 Å². The van der Waals surface area contributed by atoms with Crippen molar-refractivity contribution in [1.29, 1.82) is 0 Å². The molecule has 0 amide bonds. The lowest BCUT2D eigenvalue weighted by atomic mass is 10.2. The summed E-state index contributed by atoms with van der Waals surface area (Å²) in [6.45, 7) is 0.939. The average molecular weight is 262 g/mol. The number of anilines is 1. The Morgan fingerprint density at radius 2 is 1.94 bits per heavy atom.